The Morgan fingerprint density at radius 1 is 0.800 bits per heavy atom. The van der Waals surface area contributed by atoms with E-state index < -0.39 is 0 Å². The fraction of sp³-hybridized carbons (Fsp3) is 0.906. The lowest BCUT2D eigenvalue weighted by atomic mass is 9.33. The topological polar surface area (TPSA) is 35.5 Å². The lowest BCUT2D eigenvalue weighted by Crippen LogP contribution is -2.66. The average molecular weight is 485 g/mol. The van der Waals surface area contributed by atoms with Crippen LogP contribution in [0.3, 0.4) is 0 Å². The number of fused-ring (bicyclic) bond motifs is 7. The first-order valence-electron chi connectivity index (χ1n) is 14.5. The first-order chi connectivity index (χ1) is 16.3. The van der Waals surface area contributed by atoms with Crippen LogP contribution in [0, 0.1) is 50.2 Å². The Morgan fingerprint density at radius 3 is 2.11 bits per heavy atom. The van der Waals surface area contributed by atoms with Crippen LogP contribution in [0.2, 0.25) is 0 Å². The number of carbonyl (C=O) groups is 1. The van der Waals surface area contributed by atoms with Crippen LogP contribution in [0.5, 0.6) is 0 Å². The van der Waals surface area contributed by atoms with Gasteiger partial charge in [-0.1, -0.05) is 60.1 Å². The number of methoxy groups -OCH3 is 2. The molecule has 5 aliphatic rings. The highest BCUT2D eigenvalue weighted by Crippen LogP contribution is 2.75. The second-order valence-electron chi connectivity index (χ2n) is 15.4. The van der Waals surface area contributed by atoms with Gasteiger partial charge in [0, 0.05) is 19.6 Å². The standard InChI is InChI=1S/C32H52O3/c1-27(2)18-22-21-10-11-24-29(4)14-13-25(34-8)30(5,20-33)23(29)12-15-32(24,7)31(21,6)17-16-28(22,3)26(19-27)35-9/h10,20,22-26H,11-19H2,1-9H3. The molecule has 4 fully saturated rings. The van der Waals surface area contributed by atoms with Crippen molar-refractivity contribution in [3.8, 4) is 0 Å². The minimum atomic E-state index is -0.377. The fourth-order valence-corrected chi connectivity index (χ4v) is 11.2. The summed E-state index contributed by atoms with van der Waals surface area (Å²) >= 11 is 0. The largest absolute Gasteiger partial charge is 0.381 e. The summed E-state index contributed by atoms with van der Waals surface area (Å²) in [5.74, 6) is 1.64. The van der Waals surface area contributed by atoms with E-state index in [1.165, 1.54) is 51.2 Å². The van der Waals surface area contributed by atoms with Crippen LogP contribution in [0.25, 0.3) is 0 Å². The maximum atomic E-state index is 12.6. The molecule has 4 saturated carbocycles. The Bertz CT molecular complexity index is 906. The Balaban J connectivity index is 1.58. The third kappa shape index (κ3) is 3.19. The van der Waals surface area contributed by atoms with Gasteiger partial charge in [-0.25, -0.2) is 0 Å². The van der Waals surface area contributed by atoms with Gasteiger partial charge in [-0.2, -0.15) is 0 Å². The van der Waals surface area contributed by atoms with E-state index >= 15 is 0 Å². The van der Waals surface area contributed by atoms with Gasteiger partial charge in [-0.3, -0.25) is 0 Å². The molecule has 0 N–H and O–H groups in total. The molecule has 0 aromatic rings. The molecule has 3 nitrogen and oxygen atoms in total. The predicted molar refractivity (Wildman–Crippen MR) is 142 cm³/mol. The molecule has 0 heterocycles. The molecule has 10 atom stereocenters. The Kier molecular flexibility index (Phi) is 5.87. The number of hydrogen-bond acceptors (Lipinski definition) is 3. The van der Waals surface area contributed by atoms with Crippen molar-refractivity contribution in [3.63, 3.8) is 0 Å². The molecule has 198 valence electrons. The first-order valence-corrected chi connectivity index (χ1v) is 14.5. The Labute approximate surface area is 215 Å². The fourth-order valence-electron chi connectivity index (χ4n) is 11.2. The minimum Gasteiger partial charge on any atom is -0.381 e. The van der Waals surface area contributed by atoms with Crippen LogP contribution < -0.4 is 0 Å². The zero-order valence-electron chi connectivity index (χ0n) is 24.1. The van der Waals surface area contributed by atoms with Crippen LogP contribution in [0.1, 0.15) is 106 Å². The summed E-state index contributed by atoms with van der Waals surface area (Å²) in [7, 11) is 3.74. The Morgan fingerprint density at radius 2 is 1.49 bits per heavy atom. The summed E-state index contributed by atoms with van der Waals surface area (Å²) in [4.78, 5) is 12.6. The zero-order chi connectivity index (χ0) is 25.7. The molecule has 0 bridgehead atoms. The quantitative estimate of drug-likeness (QED) is 0.305. The van der Waals surface area contributed by atoms with Crippen molar-refractivity contribution in [2.75, 3.05) is 14.2 Å². The van der Waals surface area contributed by atoms with Gasteiger partial charge in [-0.05, 0) is 97.2 Å². The van der Waals surface area contributed by atoms with Gasteiger partial charge >= 0.3 is 0 Å². The van der Waals surface area contributed by atoms with Crippen molar-refractivity contribution in [1.29, 1.82) is 0 Å². The molecule has 0 aliphatic heterocycles. The van der Waals surface area contributed by atoms with Gasteiger partial charge in [0.25, 0.3) is 0 Å². The molecule has 3 heteroatoms. The van der Waals surface area contributed by atoms with E-state index in [-0.39, 0.29) is 33.2 Å². The summed E-state index contributed by atoms with van der Waals surface area (Å²) in [6.07, 6.45) is 15.1. The van der Waals surface area contributed by atoms with Crippen molar-refractivity contribution < 1.29 is 14.3 Å². The maximum absolute atomic E-state index is 12.6. The minimum absolute atomic E-state index is 0.0542. The van der Waals surface area contributed by atoms with Crippen LogP contribution in [-0.2, 0) is 14.3 Å². The van der Waals surface area contributed by atoms with Crippen LogP contribution >= 0.6 is 0 Å². The normalized spacial score (nSPS) is 55.0. The number of rotatable bonds is 3. The van der Waals surface area contributed by atoms with Gasteiger partial charge in [0.15, 0.2) is 0 Å². The number of allylic oxidation sites excluding steroid dienone is 2. The zero-order valence-corrected chi connectivity index (χ0v) is 24.1. The molecule has 0 saturated heterocycles. The van der Waals surface area contributed by atoms with E-state index in [9.17, 15) is 4.79 Å². The van der Waals surface area contributed by atoms with Gasteiger partial charge in [-0.15, -0.1) is 0 Å². The lowest BCUT2D eigenvalue weighted by molar-refractivity contribution is -0.210. The summed E-state index contributed by atoms with van der Waals surface area (Å²) < 4.78 is 12.1. The molecule has 0 aromatic carbocycles. The molecule has 0 radical (unpaired) electrons. The molecule has 0 aromatic heterocycles. The van der Waals surface area contributed by atoms with Crippen molar-refractivity contribution in [2.45, 2.75) is 118 Å². The van der Waals surface area contributed by atoms with Crippen molar-refractivity contribution in [2.24, 2.45) is 50.2 Å². The molecule has 5 aliphatic carbocycles. The summed E-state index contributed by atoms with van der Waals surface area (Å²) in [6, 6.07) is 0. The molecule has 10 unspecified atom stereocenters. The molecule has 35 heavy (non-hydrogen) atoms. The molecular formula is C32H52O3. The number of carbonyl (C=O) groups excluding carboxylic acids is 1. The molecule has 0 spiro atoms. The second kappa shape index (κ2) is 7.92. The second-order valence-corrected chi connectivity index (χ2v) is 15.4. The molecule has 5 rings (SSSR count). The predicted octanol–water partition coefficient (Wildman–Crippen LogP) is 7.63. The summed E-state index contributed by atoms with van der Waals surface area (Å²) in [6.45, 7) is 17.5. The third-order valence-corrected chi connectivity index (χ3v) is 13.6. The van der Waals surface area contributed by atoms with Crippen LogP contribution in [0.15, 0.2) is 11.6 Å². The maximum Gasteiger partial charge on any atom is 0.128 e. The third-order valence-electron chi connectivity index (χ3n) is 13.6. The number of ether oxygens (including phenoxy) is 2. The number of hydrogen-bond donors (Lipinski definition) is 0. The molecular weight excluding hydrogens is 432 g/mol. The first kappa shape index (κ1) is 26.0. The van der Waals surface area contributed by atoms with Crippen molar-refractivity contribution in [1.82, 2.24) is 0 Å². The van der Waals surface area contributed by atoms with E-state index in [1.54, 1.807) is 12.7 Å². The highest BCUT2D eigenvalue weighted by Gasteiger charge is 2.69. The van der Waals surface area contributed by atoms with E-state index in [4.69, 9.17) is 9.47 Å². The van der Waals surface area contributed by atoms with E-state index in [0.717, 1.165) is 12.8 Å². The van der Waals surface area contributed by atoms with Crippen molar-refractivity contribution in [3.05, 3.63) is 11.6 Å². The van der Waals surface area contributed by atoms with Crippen LogP contribution in [-0.4, -0.2) is 32.7 Å². The number of aldehydes is 1. The summed E-state index contributed by atoms with van der Waals surface area (Å²) in [5.41, 5.74) is 2.64. The SMILES string of the molecule is COC1CCC2(C)C(CCC3(C)C2CC=C2C4CC(C)(C)CC(OC)C4(C)CCC23C)C1(C)C=O. The van der Waals surface area contributed by atoms with E-state index in [2.05, 4.69) is 54.5 Å². The van der Waals surface area contributed by atoms with Gasteiger partial charge in [0.05, 0.1) is 17.6 Å². The van der Waals surface area contributed by atoms with Gasteiger partial charge < -0.3 is 14.3 Å². The Hall–Kier alpha value is -0.670. The van der Waals surface area contributed by atoms with Gasteiger partial charge in [0.2, 0.25) is 0 Å². The highest BCUT2D eigenvalue weighted by atomic mass is 16.5. The summed E-state index contributed by atoms with van der Waals surface area (Å²) in [5, 5.41) is 0. The average Bonchev–Trinajstić information content (AvgIpc) is 2.80. The van der Waals surface area contributed by atoms with E-state index in [0.29, 0.717) is 29.3 Å². The van der Waals surface area contributed by atoms with Crippen molar-refractivity contribution >= 4 is 6.29 Å². The van der Waals surface area contributed by atoms with E-state index in [1.807, 2.05) is 7.11 Å². The highest BCUT2D eigenvalue weighted by molar-refractivity contribution is 5.61. The van der Waals surface area contributed by atoms with Gasteiger partial charge in [0.1, 0.15) is 6.29 Å². The van der Waals surface area contributed by atoms with Crippen LogP contribution in [0.4, 0.5) is 0 Å². The monoisotopic (exact) mass is 484 g/mol. The molecule has 0 amide bonds. The lowest BCUT2D eigenvalue weighted by Gasteiger charge is -2.71. The smallest absolute Gasteiger partial charge is 0.128 e.